The van der Waals surface area contributed by atoms with Crippen LogP contribution in [0.2, 0.25) is 5.02 Å². The zero-order valence-corrected chi connectivity index (χ0v) is 18.9. The van der Waals surface area contributed by atoms with Gasteiger partial charge in [-0.2, -0.15) is 5.10 Å². The molecule has 1 aromatic heterocycles. The normalized spacial score (nSPS) is 17.1. The molecule has 0 aliphatic carbocycles. The SMILES string of the molecule is COc1ccc(OCC(=O)Nc2cc(-c3ccc(Cl)cc3)nn2[C@@H]2CCS(=O)(=O)C2)cc1. The van der Waals surface area contributed by atoms with Crippen LogP contribution in [0, 0.1) is 0 Å². The van der Waals surface area contributed by atoms with Gasteiger partial charge in [-0.05, 0) is 42.8 Å². The van der Waals surface area contributed by atoms with Crippen molar-refractivity contribution < 1.29 is 22.7 Å². The topological polar surface area (TPSA) is 99.5 Å². The molecular formula is C22H22ClN3O5S. The number of hydrogen-bond donors (Lipinski definition) is 1. The number of hydrogen-bond acceptors (Lipinski definition) is 6. The molecule has 0 radical (unpaired) electrons. The van der Waals surface area contributed by atoms with Gasteiger partial charge in [-0.1, -0.05) is 23.7 Å². The van der Waals surface area contributed by atoms with Crippen LogP contribution in [0.5, 0.6) is 11.5 Å². The van der Waals surface area contributed by atoms with Gasteiger partial charge in [0.1, 0.15) is 17.3 Å². The number of nitrogens with zero attached hydrogens (tertiary/aromatic N) is 2. The van der Waals surface area contributed by atoms with Crippen LogP contribution in [0.4, 0.5) is 5.82 Å². The fourth-order valence-corrected chi connectivity index (χ4v) is 5.31. The summed E-state index contributed by atoms with van der Waals surface area (Å²) in [6, 6.07) is 15.4. The number of benzene rings is 2. The summed E-state index contributed by atoms with van der Waals surface area (Å²) in [4.78, 5) is 12.6. The van der Waals surface area contributed by atoms with Crippen LogP contribution in [-0.4, -0.2) is 49.3 Å². The van der Waals surface area contributed by atoms with Crippen molar-refractivity contribution in [1.82, 2.24) is 9.78 Å². The van der Waals surface area contributed by atoms with Crippen LogP contribution < -0.4 is 14.8 Å². The highest BCUT2D eigenvalue weighted by Gasteiger charge is 2.31. The van der Waals surface area contributed by atoms with Crippen LogP contribution in [0.15, 0.2) is 54.6 Å². The molecule has 1 saturated heterocycles. The average molecular weight is 476 g/mol. The number of anilines is 1. The van der Waals surface area contributed by atoms with Gasteiger partial charge in [-0.15, -0.1) is 0 Å². The lowest BCUT2D eigenvalue weighted by atomic mass is 10.1. The summed E-state index contributed by atoms with van der Waals surface area (Å²) in [6.07, 6.45) is 0.440. The second-order valence-corrected chi connectivity index (χ2v) is 10.1. The Morgan fingerprint density at radius 1 is 1.16 bits per heavy atom. The minimum Gasteiger partial charge on any atom is -0.497 e. The van der Waals surface area contributed by atoms with E-state index in [-0.39, 0.29) is 30.1 Å². The van der Waals surface area contributed by atoms with Gasteiger partial charge in [0, 0.05) is 16.7 Å². The van der Waals surface area contributed by atoms with Crippen LogP contribution in [0.1, 0.15) is 12.5 Å². The highest BCUT2D eigenvalue weighted by atomic mass is 35.5. The first-order valence-electron chi connectivity index (χ1n) is 9.95. The van der Waals surface area contributed by atoms with Crippen molar-refractivity contribution in [3.05, 3.63) is 59.6 Å². The van der Waals surface area contributed by atoms with Crippen molar-refractivity contribution in [1.29, 1.82) is 0 Å². The lowest BCUT2D eigenvalue weighted by molar-refractivity contribution is -0.118. The van der Waals surface area contributed by atoms with E-state index >= 15 is 0 Å². The summed E-state index contributed by atoms with van der Waals surface area (Å²) >= 11 is 5.97. The molecule has 0 bridgehead atoms. The molecule has 1 amide bonds. The Kier molecular flexibility index (Phi) is 6.38. The van der Waals surface area contributed by atoms with Gasteiger partial charge in [0.15, 0.2) is 16.4 Å². The molecule has 1 N–H and O–H groups in total. The Hall–Kier alpha value is -3.04. The highest BCUT2D eigenvalue weighted by Crippen LogP contribution is 2.30. The predicted octanol–water partition coefficient (Wildman–Crippen LogP) is 3.59. The first-order chi connectivity index (χ1) is 15.3. The molecule has 168 valence electrons. The van der Waals surface area contributed by atoms with E-state index in [1.54, 1.807) is 54.3 Å². The third-order valence-electron chi connectivity index (χ3n) is 5.13. The van der Waals surface area contributed by atoms with Gasteiger partial charge in [0.05, 0.1) is 30.4 Å². The van der Waals surface area contributed by atoms with Crippen LogP contribution in [0.3, 0.4) is 0 Å². The summed E-state index contributed by atoms with van der Waals surface area (Å²) in [5.74, 6) is 1.33. The molecule has 0 spiro atoms. The Bertz CT molecular complexity index is 1210. The number of methoxy groups -OCH3 is 1. The molecule has 2 heterocycles. The van der Waals surface area contributed by atoms with Crippen LogP contribution in [0.25, 0.3) is 11.3 Å². The highest BCUT2D eigenvalue weighted by molar-refractivity contribution is 7.91. The van der Waals surface area contributed by atoms with E-state index in [1.165, 1.54) is 0 Å². The standard InChI is InChI=1S/C22H22ClN3O5S/c1-30-18-6-8-19(9-7-18)31-13-22(27)24-21-12-20(15-2-4-16(23)5-3-15)25-26(21)17-10-11-32(28,29)14-17/h2-9,12,17H,10-11,13-14H2,1H3,(H,24,27)/t17-/m1/s1. The number of sulfone groups is 1. The van der Waals surface area contributed by atoms with Crippen LogP contribution >= 0.6 is 11.6 Å². The summed E-state index contributed by atoms with van der Waals surface area (Å²) in [5.41, 5.74) is 1.41. The monoisotopic (exact) mass is 475 g/mol. The Morgan fingerprint density at radius 2 is 1.84 bits per heavy atom. The molecule has 1 fully saturated rings. The van der Waals surface area contributed by atoms with E-state index in [0.717, 1.165) is 5.56 Å². The number of rotatable bonds is 7. The summed E-state index contributed by atoms with van der Waals surface area (Å²) < 4.78 is 36.2. The number of carbonyl (C=O) groups is 1. The quantitative estimate of drug-likeness (QED) is 0.560. The zero-order valence-electron chi connectivity index (χ0n) is 17.3. The van der Waals surface area contributed by atoms with Gasteiger partial charge < -0.3 is 14.8 Å². The average Bonchev–Trinajstić information content (AvgIpc) is 3.36. The van der Waals surface area contributed by atoms with Crippen molar-refractivity contribution in [3.63, 3.8) is 0 Å². The van der Waals surface area contributed by atoms with Gasteiger partial charge in [0.25, 0.3) is 5.91 Å². The van der Waals surface area contributed by atoms with E-state index in [2.05, 4.69) is 10.4 Å². The molecule has 10 heteroatoms. The van der Waals surface area contributed by atoms with Crippen molar-refractivity contribution >= 4 is 33.2 Å². The summed E-state index contributed by atoms with van der Waals surface area (Å²) in [7, 11) is -1.56. The van der Waals surface area contributed by atoms with E-state index in [9.17, 15) is 13.2 Å². The van der Waals surface area contributed by atoms with E-state index in [4.69, 9.17) is 21.1 Å². The maximum absolute atomic E-state index is 12.6. The van der Waals surface area contributed by atoms with Gasteiger partial charge in [0.2, 0.25) is 0 Å². The fraction of sp³-hybridized carbons (Fsp3) is 0.273. The minimum absolute atomic E-state index is 0.0139. The predicted molar refractivity (Wildman–Crippen MR) is 122 cm³/mol. The van der Waals surface area contributed by atoms with Crippen molar-refractivity contribution in [2.24, 2.45) is 0 Å². The van der Waals surface area contributed by atoms with Crippen molar-refractivity contribution in [2.75, 3.05) is 30.5 Å². The fourth-order valence-electron chi connectivity index (χ4n) is 3.50. The molecule has 32 heavy (non-hydrogen) atoms. The molecule has 2 aromatic carbocycles. The Morgan fingerprint density at radius 3 is 2.47 bits per heavy atom. The number of amides is 1. The smallest absolute Gasteiger partial charge is 0.263 e. The molecule has 1 atom stereocenters. The molecule has 4 rings (SSSR count). The van der Waals surface area contributed by atoms with E-state index < -0.39 is 9.84 Å². The maximum Gasteiger partial charge on any atom is 0.263 e. The van der Waals surface area contributed by atoms with E-state index in [0.29, 0.717) is 34.5 Å². The molecule has 1 aliphatic rings. The largest absolute Gasteiger partial charge is 0.497 e. The molecular weight excluding hydrogens is 454 g/mol. The third-order valence-corrected chi connectivity index (χ3v) is 7.13. The second kappa shape index (κ2) is 9.22. The number of ether oxygens (including phenoxy) is 2. The lowest BCUT2D eigenvalue weighted by Gasteiger charge is -2.14. The lowest BCUT2D eigenvalue weighted by Crippen LogP contribution is -2.23. The molecule has 0 unspecified atom stereocenters. The maximum atomic E-state index is 12.6. The summed E-state index contributed by atoms with van der Waals surface area (Å²) in [5, 5.41) is 7.98. The molecule has 0 saturated carbocycles. The van der Waals surface area contributed by atoms with Gasteiger partial charge >= 0.3 is 0 Å². The van der Waals surface area contributed by atoms with Crippen molar-refractivity contribution in [2.45, 2.75) is 12.5 Å². The minimum atomic E-state index is -3.13. The molecule has 8 nitrogen and oxygen atoms in total. The number of aromatic nitrogens is 2. The van der Waals surface area contributed by atoms with Crippen molar-refractivity contribution in [3.8, 4) is 22.8 Å². The molecule has 3 aromatic rings. The molecule has 1 aliphatic heterocycles. The Labute approximate surface area is 191 Å². The first kappa shape index (κ1) is 22.2. The number of nitrogens with one attached hydrogen (secondary N) is 1. The number of halogens is 1. The van der Waals surface area contributed by atoms with Gasteiger partial charge in [-0.3, -0.25) is 4.79 Å². The second-order valence-electron chi connectivity index (χ2n) is 7.44. The first-order valence-corrected chi connectivity index (χ1v) is 12.2. The third kappa shape index (κ3) is 5.23. The van der Waals surface area contributed by atoms with Gasteiger partial charge in [-0.25, -0.2) is 13.1 Å². The van der Waals surface area contributed by atoms with E-state index in [1.807, 2.05) is 12.1 Å². The summed E-state index contributed by atoms with van der Waals surface area (Å²) in [6.45, 7) is -0.212. The van der Waals surface area contributed by atoms with Crippen LogP contribution in [-0.2, 0) is 14.6 Å². The number of carbonyl (C=O) groups excluding carboxylic acids is 1. The Balaban J connectivity index is 1.52. The zero-order chi connectivity index (χ0) is 22.7.